The third-order valence-electron chi connectivity index (χ3n) is 0.583. The maximum absolute atomic E-state index is 10.1. The van der Waals surface area contributed by atoms with Gasteiger partial charge in [0.15, 0.2) is 0 Å². The van der Waals surface area contributed by atoms with E-state index in [4.69, 9.17) is 14.0 Å². The Balaban J connectivity index is 5.68. The number of rotatable bonds is 2. The Morgan fingerprint density at radius 2 is 1.09 bits per heavy atom. The van der Waals surface area contributed by atoms with Crippen LogP contribution >= 0.6 is 5.77 Å². The molecule has 0 fully saturated rings. The van der Waals surface area contributed by atoms with Gasteiger partial charge in [0, 0.05) is 0 Å². The first-order chi connectivity index (χ1) is 4.50. The summed E-state index contributed by atoms with van der Waals surface area (Å²) in [5.74, 6) is -6.00. The van der Waals surface area contributed by atoms with Crippen molar-refractivity contribution in [2.45, 2.75) is 0 Å². The lowest BCUT2D eigenvalue weighted by molar-refractivity contribution is 0.450. The van der Waals surface area contributed by atoms with Crippen LogP contribution in [0, 0.1) is 0 Å². The third-order valence-corrected chi connectivity index (χ3v) is 8.64. The van der Waals surface area contributed by atoms with Crippen molar-refractivity contribution in [3.63, 3.8) is 0 Å². The summed E-state index contributed by atoms with van der Waals surface area (Å²) in [5, 5.41) is 0. The molecule has 3 N–H and O–H groups in total. The molecule has 0 unspecified atom stereocenters. The normalized spacial score (nSPS) is 14.8. The van der Waals surface area contributed by atoms with Crippen molar-refractivity contribution >= 4 is 25.2 Å². The molecule has 11 heavy (non-hydrogen) atoms. The lowest BCUT2D eigenvalue weighted by Gasteiger charge is -2.01. The quantitative estimate of drug-likeness (QED) is 0.395. The number of hydrogen-bond donors (Lipinski definition) is 3. The van der Waals surface area contributed by atoms with Crippen molar-refractivity contribution < 1.29 is 35.4 Å². The molecule has 0 heterocycles. The third kappa shape index (κ3) is 1.98. The monoisotopic (exact) mass is 226 g/mol. The van der Waals surface area contributed by atoms with Gasteiger partial charge in [-0.2, -0.15) is 16.8 Å². The molecule has 0 aliphatic carbocycles. The highest BCUT2D eigenvalue weighted by Crippen LogP contribution is 2.52. The van der Waals surface area contributed by atoms with E-state index >= 15 is 0 Å². The Morgan fingerprint density at radius 1 is 0.909 bits per heavy atom. The second-order valence-electron chi connectivity index (χ2n) is 1.36. The van der Waals surface area contributed by atoms with Crippen LogP contribution in [0.25, 0.3) is 0 Å². The summed E-state index contributed by atoms with van der Waals surface area (Å²) in [6.45, 7) is 0. The molecule has 0 aromatic heterocycles. The first-order valence-electron chi connectivity index (χ1n) is 1.78. The van der Waals surface area contributed by atoms with Crippen LogP contribution in [0.1, 0.15) is 0 Å². The fourth-order valence-corrected chi connectivity index (χ4v) is 3.21. The smallest absolute Gasteiger partial charge is 0.320 e. The summed E-state index contributed by atoms with van der Waals surface area (Å²) in [5.41, 5.74) is 0. The Morgan fingerprint density at radius 3 is 1.09 bits per heavy atom. The second kappa shape index (κ2) is 2.51. The van der Waals surface area contributed by atoms with Crippen LogP contribution in [0.3, 0.4) is 0 Å². The molecule has 0 aromatic rings. The molecule has 0 atom stereocenters. The van der Waals surface area contributed by atoms with E-state index in [2.05, 4.69) is 0 Å². The molecule has 8 nitrogen and oxygen atoms in total. The predicted molar refractivity (Wildman–Crippen MR) is 32.9 cm³/mol. The van der Waals surface area contributed by atoms with E-state index in [9.17, 15) is 21.4 Å². The zero-order valence-electron chi connectivity index (χ0n) is 4.65. The lowest BCUT2D eigenvalue weighted by atomic mass is 15.9. The zero-order valence-corrected chi connectivity index (χ0v) is 7.17. The average Bonchev–Trinajstić information content (AvgIpc) is 1.58. The Hall–Kier alpha value is 0.01000. The maximum Gasteiger partial charge on any atom is 0.474 e. The molecule has 0 aliphatic rings. The maximum atomic E-state index is 10.1. The van der Waals surface area contributed by atoms with E-state index in [1.54, 1.807) is 0 Å². The molecule has 0 saturated heterocycles. The molecule has 0 aliphatic heterocycles. The minimum absolute atomic E-state index is 5.69. The Kier molecular flexibility index (Phi) is 2.51. The van der Waals surface area contributed by atoms with Gasteiger partial charge in [-0.25, -0.2) is 0 Å². The topological polar surface area (TPSA) is 146 Å². The van der Waals surface area contributed by atoms with Crippen LogP contribution in [0.5, 0.6) is 0 Å². The summed E-state index contributed by atoms with van der Waals surface area (Å²) < 4.78 is 65.0. The minimum atomic E-state index is -6.00. The van der Waals surface area contributed by atoms with Crippen molar-refractivity contribution in [1.29, 1.82) is 0 Å². The van der Waals surface area contributed by atoms with Crippen molar-refractivity contribution in [3.05, 3.63) is 0 Å². The molecular formula is H3O8PS2. The van der Waals surface area contributed by atoms with Gasteiger partial charge in [-0.1, -0.05) is 0 Å². The standard InChI is InChI=1S/H3O8PS2/c1-9(2,10(3,4)5)11(6,7)8/h(H,1,2)(H,3,4,5)(H,6,7,8). The van der Waals surface area contributed by atoms with E-state index in [-0.39, 0.29) is 0 Å². The van der Waals surface area contributed by atoms with Gasteiger partial charge in [-0.15, -0.1) is 0 Å². The molecule has 0 rings (SSSR count). The summed E-state index contributed by atoms with van der Waals surface area (Å²) in [4.78, 5) is 8.07. The molecule has 0 saturated carbocycles. The molecule has 0 aromatic carbocycles. The summed E-state index contributed by atoms with van der Waals surface area (Å²) in [7, 11) is -11.4. The minimum Gasteiger partial charge on any atom is -0.320 e. The van der Waals surface area contributed by atoms with E-state index in [0.29, 0.717) is 0 Å². The highest BCUT2D eigenvalue weighted by molar-refractivity contribution is 8.80. The largest absolute Gasteiger partial charge is 0.474 e. The van der Waals surface area contributed by atoms with Gasteiger partial charge in [0.25, 0.3) is 0 Å². The highest BCUT2D eigenvalue weighted by Gasteiger charge is 2.48. The van der Waals surface area contributed by atoms with E-state index < -0.39 is 25.2 Å². The van der Waals surface area contributed by atoms with E-state index in [0.717, 1.165) is 0 Å². The van der Waals surface area contributed by atoms with Crippen LogP contribution in [0.2, 0.25) is 0 Å². The molecule has 0 radical (unpaired) electrons. The SMILES string of the molecule is O=P(O)(S(=O)(=O)O)S(=O)(=O)O. The summed E-state index contributed by atoms with van der Waals surface area (Å²) in [6.07, 6.45) is 0. The zero-order chi connectivity index (χ0) is 9.50. The average molecular weight is 226 g/mol. The van der Waals surface area contributed by atoms with Gasteiger partial charge in [0.1, 0.15) is 0 Å². The van der Waals surface area contributed by atoms with Crippen molar-refractivity contribution in [2.24, 2.45) is 0 Å². The predicted octanol–water partition coefficient (Wildman–Crippen LogP) is -1.14. The molecule has 0 spiro atoms. The first-order valence-corrected chi connectivity index (χ1v) is 7.53. The van der Waals surface area contributed by atoms with Gasteiger partial charge in [-0.05, 0) is 0 Å². The molecule has 11 heteroatoms. The Labute approximate surface area is 61.3 Å². The summed E-state index contributed by atoms with van der Waals surface area (Å²) in [6, 6.07) is 0. The first kappa shape index (κ1) is 11.0. The highest BCUT2D eigenvalue weighted by atomic mass is 33.1. The van der Waals surface area contributed by atoms with Crippen LogP contribution in [-0.2, 0) is 24.0 Å². The fraction of sp³-hybridized carbons (Fsp3) is 0. The molecule has 0 bridgehead atoms. The molecule has 68 valence electrons. The van der Waals surface area contributed by atoms with Crippen LogP contribution in [0.15, 0.2) is 0 Å². The van der Waals surface area contributed by atoms with Crippen molar-refractivity contribution in [2.75, 3.05) is 0 Å². The summed E-state index contributed by atoms with van der Waals surface area (Å²) >= 11 is 0. The molecule has 0 amide bonds. The van der Waals surface area contributed by atoms with Gasteiger partial charge < -0.3 is 4.89 Å². The van der Waals surface area contributed by atoms with Gasteiger partial charge >= 0.3 is 25.2 Å². The van der Waals surface area contributed by atoms with Gasteiger partial charge in [0.2, 0.25) is 0 Å². The Bertz CT molecular complexity index is 344. The van der Waals surface area contributed by atoms with Crippen LogP contribution < -0.4 is 0 Å². The van der Waals surface area contributed by atoms with Crippen molar-refractivity contribution in [3.8, 4) is 0 Å². The molecular weight excluding hydrogens is 223 g/mol. The van der Waals surface area contributed by atoms with E-state index in [1.165, 1.54) is 0 Å². The van der Waals surface area contributed by atoms with E-state index in [1.807, 2.05) is 0 Å². The second-order valence-corrected chi connectivity index (χ2v) is 10.5. The lowest BCUT2D eigenvalue weighted by Crippen LogP contribution is -2.08. The van der Waals surface area contributed by atoms with Crippen molar-refractivity contribution in [1.82, 2.24) is 0 Å². The van der Waals surface area contributed by atoms with Gasteiger partial charge in [0.05, 0.1) is 0 Å². The fourth-order valence-electron chi connectivity index (χ4n) is 0.119. The number of hydrogen-bond acceptors (Lipinski definition) is 5. The van der Waals surface area contributed by atoms with Crippen LogP contribution in [0.4, 0.5) is 0 Å². The van der Waals surface area contributed by atoms with Gasteiger partial charge in [-0.3, -0.25) is 13.7 Å². The van der Waals surface area contributed by atoms with Crippen LogP contribution in [-0.4, -0.2) is 30.8 Å².